The van der Waals surface area contributed by atoms with E-state index in [1.807, 2.05) is 0 Å². The third-order valence-electron chi connectivity index (χ3n) is 2.36. The number of carbonyl (C=O) groups is 1. The molecular weight excluding hydrogens is 326 g/mol. The van der Waals surface area contributed by atoms with Crippen LogP contribution in [0.5, 0.6) is 11.5 Å². The van der Waals surface area contributed by atoms with Gasteiger partial charge in [0.05, 0.1) is 19.1 Å². The van der Waals surface area contributed by atoms with Crippen molar-refractivity contribution in [3.8, 4) is 11.5 Å². The molecular formula is C12H13N5O3S2. The van der Waals surface area contributed by atoms with Crippen molar-refractivity contribution >= 4 is 40.4 Å². The van der Waals surface area contributed by atoms with Crippen LogP contribution in [-0.4, -0.2) is 40.3 Å². The highest BCUT2D eigenvalue weighted by atomic mass is 32.2. The molecule has 0 radical (unpaired) electrons. The van der Waals surface area contributed by atoms with Crippen LogP contribution >= 0.6 is 23.1 Å². The van der Waals surface area contributed by atoms with Gasteiger partial charge in [-0.1, -0.05) is 23.1 Å². The van der Waals surface area contributed by atoms with Gasteiger partial charge >= 0.3 is 0 Å². The van der Waals surface area contributed by atoms with Gasteiger partial charge in [0.2, 0.25) is 5.13 Å². The largest absolute Gasteiger partial charge is 0.504 e. The molecule has 10 heteroatoms. The number of phenolic OH excluding ortho intramolecular Hbond substituents is 1. The highest BCUT2D eigenvalue weighted by molar-refractivity contribution is 8.01. The van der Waals surface area contributed by atoms with Crippen LogP contribution in [0.25, 0.3) is 0 Å². The number of aromatic hydroxyl groups is 1. The summed E-state index contributed by atoms with van der Waals surface area (Å²) < 4.78 is 5.60. The summed E-state index contributed by atoms with van der Waals surface area (Å²) in [6.45, 7) is 0. The number of nitrogens with two attached hydrogens (primary N) is 1. The molecule has 8 nitrogen and oxygen atoms in total. The summed E-state index contributed by atoms with van der Waals surface area (Å²) in [7, 11) is 1.45. The number of anilines is 1. The predicted octanol–water partition coefficient (Wildman–Crippen LogP) is 1.08. The lowest BCUT2D eigenvalue weighted by Gasteiger charge is -2.03. The number of rotatable bonds is 6. The van der Waals surface area contributed by atoms with E-state index in [9.17, 15) is 9.90 Å². The summed E-state index contributed by atoms with van der Waals surface area (Å²) >= 11 is 2.45. The maximum absolute atomic E-state index is 11.6. The Labute approximate surface area is 134 Å². The minimum absolute atomic E-state index is 0.0383. The number of methoxy groups -OCH3 is 1. The first-order valence-corrected chi connectivity index (χ1v) is 7.79. The Kier molecular flexibility index (Phi) is 5.55. The fourth-order valence-corrected chi connectivity index (χ4v) is 2.82. The van der Waals surface area contributed by atoms with Crippen molar-refractivity contribution in [2.75, 3.05) is 18.6 Å². The van der Waals surface area contributed by atoms with Gasteiger partial charge in [-0.15, -0.1) is 10.2 Å². The average Bonchev–Trinajstić information content (AvgIpc) is 2.92. The van der Waals surface area contributed by atoms with E-state index in [2.05, 4.69) is 20.7 Å². The van der Waals surface area contributed by atoms with Crippen LogP contribution in [0.1, 0.15) is 5.56 Å². The molecule has 1 aromatic heterocycles. The van der Waals surface area contributed by atoms with E-state index in [-0.39, 0.29) is 17.4 Å². The zero-order chi connectivity index (χ0) is 15.9. The zero-order valence-corrected chi connectivity index (χ0v) is 13.1. The zero-order valence-electron chi connectivity index (χ0n) is 11.5. The number of hydrogen-bond acceptors (Lipinski definition) is 9. The summed E-state index contributed by atoms with van der Waals surface area (Å²) in [6.07, 6.45) is 1.45. The number of ether oxygens (including phenoxy) is 1. The van der Waals surface area contributed by atoms with Crippen molar-refractivity contribution in [3.63, 3.8) is 0 Å². The molecule has 0 bridgehead atoms. The molecule has 1 amide bonds. The normalized spacial score (nSPS) is 10.8. The third-order valence-corrected chi connectivity index (χ3v) is 4.24. The standard InChI is InChI=1S/C12H13N5O3S2/c1-20-9-4-7(2-3-8(9)18)5-14-15-10(19)6-21-12-17-16-11(13)22-12/h2-5,18H,6H2,1H3,(H2,13,16)(H,15,19). The van der Waals surface area contributed by atoms with Crippen LogP contribution in [-0.2, 0) is 4.79 Å². The lowest BCUT2D eigenvalue weighted by atomic mass is 10.2. The summed E-state index contributed by atoms with van der Waals surface area (Å²) in [5.74, 6) is 0.252. The van der Waals surface area contributed by atoms with E-state index in [4.69, 9.17) is 10.5 Å². The Morgan fingerprint density at radius 3 is 3.09 bits per heavy atom. The molecule has 0 spiro atoms. The molecule has 116 valence electrons. The summed E-state index contributed by atoms with van der Waals surface area (Å²) in [6, 6.07) is 4.73. The van der Waals surface area contributed by atoms with Crippen LogP contribution < -0.4 is 15.9 Å². The van der Waals surface area contributed by atoms with Crippen molar-refractivity contribution in [1.82, 2.24) is 15.6 Å². The van der Waals surface area contributed by atoms with Gasteiger partial charge in [0.15, 0.2) is 15.8 Å². The van der Waals surface area contributed by atoms with E-state index in [1.165, 1.54) is 42.5 Å². The first-order chi connectivity index (χ1) is 10.6. The van der Waals surface area contributed by atoms with Gasteiger partial charge in [-0.25, -0.2) is 5.43 Å². The number of amides is 1. The second kappa shape index (κ2) is 7.61. The maximum Gasteiger partial charge on any atom is 0.250 e. The fourth-order valence-electron chi connectivity index (χ4n) is 1.39. The van der Waals surface area contributed by atoms with Crippen molar-refractivity contribution in [3.05, 3.63) is 23.8 Å². The molecule has 0 unspecified atom stereocenters. The molecule has 1 aromatic carbocycles. The number of hydrogen-bond donors (Lipinski definition) is 3. The number of carbonyl (C=O) groups excluding carboxylic acids is 1. The molecule has 2 rings (SSSR count). The van der Waals surface area contributed by atoms with Crippen molar-refractivity contribution in [2.45, 2.75) is 4.34 Å². The van der Waals surface area contributed by atoms with Gasteiger partial charge in [0.25, 0.3) is 5.91 Å². The minimum Gasteiger partial charge on any atom is -0.504 e. The van der Waals surface area contributed by atoms with Crippen LogP contribution in [0.2, 0.25) is 0 Å². The Hall–Kier alpha value is -2.33. The Morgan fingerprint density at radius 1 is 1.59 bits per heavy atom. The van der Waals surface area contributed by atoms with E-state index in [0.29, 0.717) is 20.8 Å². The number of nitrogen functional groups attached to an aromatic ring is 1. The molecule has 0 saturated heterocycles. The van der Waals surface area contributed by atoms with E-state index in [1.54, 1.807) is 12.1 Å². The number of nitrogens with zero attached hydrogens (tertiary/aromatic N) is 3. The minimum atomic E-state index is -0.277. The second-order valence-electron chi connectivity index (χ2n) is 3.92. The molecule has 0 aliphatic rings. The summed E-state index contributed by atoms with van der Waals surface area (Å²) in [4.78, 5) is 11.6. The quantitative estimate of drug-likeness (QED) is 0.409. The maximum atomic E-state index is 11.6. The van der Waals surface area contributed by atoms with Crippen molar-refractivity contribution < 1.29 is 14.6 Å². The van der Waals surface area contributed by atoms with Crippen molar-refractivity contribution in [2.24, 2.45) is 5.10 Å². The summed E-state index contributed by atoms with van der Waals surface area (Å²) in [5.41, 5.74) is 8.52. The molecule has 0 aliphatic heterocycles. The molecule has 22 heavy (non-hydrogen) atoms. The number of phenols is 1. The molecule has 0 aliphatic carbocycles. The molecule has 0 fully saturated rings. The molecule has 0 saturated carbocycles. The molecule has 4 N–H and O–H groups in total. The molecule has 1 heterocycles. The third kappa shape index (κ3) is 4.60. The van der Waals surface area contributed by atoms with Crippen LogP contribution in [0, 0.1) is 0 Å². The number of benzene rings is 1. The molecule has 2 aromatic rings. The number of aromatic nitrogens is 2. The van der Waals surface area contributed by atoms with Gasteiger partial charge in [-0.3, -0.25) is 4.79 Å². The topological polar surface area (TPSA) is 123 Å². The van der Waals surface area contributed by atoms with Crippen LogP contribution in [0.4, 0.5) is 5.13 Å². The van der Waals surface area contributed by atoms with E-state index < -0.39 is 0 Å². The van der Waals surface area contributed by atoms with Gasteiger partial charge in [0, 0.05) is 0 Å². The van der Waals surface area contributed by atoms with Gasteiger partial charge in [0.1, 0.15) is 0 Å². The van der Waals surface area contributed by atoms with E-state index in [0.717, 1.165) is 0 Å². The van der Waals surface area contributed by atoms with Gasteiger partial charge < -0.3 is 15.6 Å². The van der Waals surface area contributed by atoms with E-state index >= 15 is 0 Å². The lowest BCUT2D eigenvalue weighted by Crippen LogP contribution is -2.19. The average molecular weight is 339 g/mol. The SMILES string of the molecule is COc1cc(C=NNC(=O)CSc2nnc(N)s2)ccc1O. The molecule has 0 atom stereocenters. The highest BCUT2D eigenvalue weighted by Crippen LogP contribution is 2.25. The van der Waals surface area contributed by atoms with Crippen LogP contribution in [0.15, 0.2) is 27.6 Å². The lowest BCUT2D eigenvalue weighted by molar-refractivity contribution is -0.118. The fraction of sp³-hybridized carbons (Fsp3) is 0.167. The number of nitrogens with one attached hydrogen (secondary N) is 1. The Balaban J connectivity index is 1.82. The first-order valence-electron chi connectivity index (χ1n) is 5.99. The second-order valence-corrected chi connectivity index (χ2v) is 6.15. The smallest absolute Gasteiger partial charge is 0.250 e. The van der Waals surface area contributed by atoms with Gasteiger partial charge in [-0.2, -0.15) is 5.10 Å². The Bertz CT molecular complexity index is 689. The van der Waals surface area contributed by atoms with Crippen molar-refractivity contribution in [1.29, 1.82) is 0 Å². The Morgan fingerprint density at radius 2 is 2.41 bits per heavy atom. The predicted molar refractivity (Wildman–Crippen MR) is 85.4 cm³/mol. The number of thioether (sulfide) groups is 1. The first kappa shape index (κ1) is 16.0. The van der Waals surface area contributed by atoms with Gasteiger partial charge in [-0.05, 0) is 23.8 Å². The monoisotopic (exact) mass is 339 g/mol. The number of hydrazone groups is 1. The summed E-state index contributed by atoms with van der Waals surface area (Å²) in [5, 5.41) is 21.1. The highest BCUT2D eigenvalue weighted by Gasteiger charge is 2.06. The van der Waals surface area contributed by atoms with Crippen LogP contribution in [0.3, 0.4) is 0 Å².